The van der Waals surface area contributed by atoms with Crippen molar-refractivity contribution in [3.8, 4) is 17.2 Å². The van der Waals surface area contributed by atoms with E-state index in [1.807, 2.05) is 43.3 Å². The quantitative estimate of drug-likeness (QED) is 0.501. The fourth-order valence-corrected chi connectivity index (χ4v) is 5.30. The van der Waals surface area contributed by atoms with E-state index in [2.05, 4.69) is 5.32 Å². The third-order valence-electron chi connectivity index (χ3n) is 5.58. The van der Waals surface area contributed by atoms with Crippen molar-refractivity contribution in [3.63, 3.8) is 0 Å². The van der Waals surface area contributed by atoms with Crippen LogP contribution in [-0.2, 0) is 34.2 Å². The highest BCUT2D eigenvalue weighted by molar-refractivity contribution is 7.89. The molecule has 0 radical (unpaired) electrons. The number of methoxy groups -OCH3 is 2. The van der Waals surface area contributed by atoms with Gasteiger partial charge in [0.2, 0.25) is 15.9 Å². The summed E-state index contributed by atoms with van der Waals surface area (Å²) in [5.41, 5.74) is 2.87. The molecule has 1 heterocycles. The summed E-state index contributed by atoms with van der Waals surface area (Å²) in [5.74, 6) is 1.85. The number of fused-ring (bicyclic) bond motifs is 1. The molecule has 33 heavy (non-hydrogen) atoms. The largest absolute Gasteiger partial charge is 0.494 e. The first kappa shape index (κ1) is 24.9. The van der Waals surface area contributed by atoms with Gasteiger partial charge in [-0.05, 0) is 60.7 Å². The first-order valence-electron chi connectivity index (χ1n) is 11.1. The average molecular weight is 477 g/mol. The van der Waals surface area contributed by atoms with E-state index in [0.717, 1.165) is 22.4 Å². The Morgan fingerprint density at radius 2 is 1.73 bits per heavy atom. The minimum Gasteiger partial charge on any atom is -0.494 e. The normalized spacial score (nSPS) is 13.8. The molecule has 0 aromatic heterocycles. The van der Waals surface area contributed by atoms with Crippen LogP contribution in [0.5, 0.6) is 17.2 Å². The van der Waals surface area contributed by atoms with Crippen LogP contribution in [0.3, 0.4) is 0 Å². The number of hydrogen-bond donors (Lipinski definition) is 1. The van der Waals surface area contributed by atoms with Gasteiger partial charge in [-0.2, -0.15) is 4.31 Å². The lowest BCUT2D eigenvalue weighted by atomic mass is 10.0. The molecule has 1 N–H and O–H groups in total. The predicted octanol–water partition coefficient (Wildman–Crippen LogP) is 2.54. The van der Waals surface area contributed by atoms with Gasteiger partial charge in [-0.1, -0.05) is 12.1 Å². The zero-order valence-electron chi connectivity index (χ0n) is 19.4. The lowest BCUT2D eigenvalue weighted by Gasteiger charge is -2.29. The second kappa shape index (κ2) is 11.4. The number of sulfonamides is 1. The van der Waals surface area contributed by atoms with E-state index in [1.165, 1.54) is 4.31 Å². The lowest BCUT2D eigenvalue weighted by molar-refractivity contribution is -0.120. The van der Waals surface area contributed by atoms with Crippen LogP contribution in [0.15, 0.2) is 36.4 Å². The number of ether oxygens (including phenoxy) is 3. The van der Waals surface area contributed by atoms with Gasteiger partial charge in [0, 0.05) is 19.6 Å². The number of carbonyl (C=O) groups excluding carboxylic acids is 1. The molecule has 1 aliphatic rings. The molecule has 0 bridgehead atoms. The first-order valence-corrected chi connectivity index (χ1v) is 12.7. The summed E-state index contributed by atoms with van der Waals surface area (Å²) in [5, 5.41) is 2.81. The van der Waals surface area contributed by atoms with Crippen molar-refractivity contribution >= 4 is 15.9 Å². The lowest BCUT2D eigenvalue weighted by Crippen LogP contribution is -2.38. The average Bonchev–Trinajstić information content (AvgIpc) is 2.82. The smallest absolute Gasteiger partial charge is 0.224 e. The summed E-state index contributed by atoms with van der Waals surface area (Å²) in [7, 11) is -0.287. The molecule has 8 nitrogen and oxygen atoms in total. The number of hydrogen-bond acceptors (Lipinski definition) is 6. The summed E-state index contributed by atoms with van der Waals surface area (Å²) < 4.78 is 43.3. The molecule has 9 heteroatoms. The van der Waals surface area contributed by atoms with Gasteiger partial charge in [-0.25, -0.2) is 8.42 Å². The van der Waals surface area contributed by atoms with Gasteiger partial charge in [-0.3, -0.25) is 4.79 Å². The molecule has 0 saturated heterocycles. The van der Waals surface area contributed by atoms with Gasteiger partial charge < -0.3 is 19.5 Å². The van der Waals surface area contributed by atoms with E-state index < -0.39 is 10.0 Å². The Balaban J connectivity index is 1.47. The number of amides is 1. The van der Waals surface area contributed by atoms with Crippen LogP contribution in [0.1, 0.15) is 30.0 Å². The second-order valence-electron chi connectivity index (χ2n) is 7.83. The fourth-order valence-electron chi connectivity index (χ4n) is 3.82. The molecule has 0 fully saturated rings. The molecule has 1 amide bonds. The summed E-state index contributed by atoms with van der Waals surface area (Å²) >= 11 is 0. The van der Waals surface area contributed by atoms with Crippen molar-refractivity contribution < 1.29 is 27.4 Å². The van der Waals surface area contributed by atoms with Crippen LogP contribution in [0.25, 0.3) is 0 Å². The minimum atomic E-state index is -3.43. The molecule has 0 aliphatic carbocycles. The van der Waals surface area contributed by atoms with Crippen LogP contribution < -0.4 is 19.5 Å². The number of carbonyl (C=O) groups is 1. The van der Waals surface area contributed by atoms with Crippen molar-refractivity contribution in [2.24, 2.45) is 0 Å². The van der Waals surface area contributed by atoms with Gasteiger partial charge >= 0.3 is 0 Å². The third kappa shape index (κ3) is 6.61. The maximum Gasteiger partial charge on any atom is 0.224 e. The molecule has 1 aliphatic heterocycles. The highest BCUT2D eigenvalue weighted by Crippen LogP contribution is 2.33. The summed E-state index contributed by atoms with van der Waals surface area (Å²) in [6.45, 7) is 3.55. The van der Waals surface area contributed by atoms with Crippen LogP contribution in [0.4, 0.5) is 0 Å². The van der Waals surface area contributed by atoms with Crippen LogP contribution in [-0.4, -0.2) is 58.3 Å². The number of nitrogens with zero attached hydrogens (tertiary/aromatic N) is 1. The van der Waals surface area contributed by atoms with Crippen LogP contribution in [0.2, 0.25) is 0 Å². The molecule has 2 aromatic carbocycles. The van der Waals surface area contributed by atoms with Gasteiger partial charge in [0.15, 0.2) is 11.5 Å². The molecular weight excluding hydrogens is 444 g/mol. The van der Waals surface area contributed by atoms with E-state index in [9.17, 15) is 13.2 Å². The molecule has 0 spiro atoms. The van der Waals surface area contributed by atoms with Gasteiger partial charge in [-0.15, -0.1) is 0 Å². The zero-order chi connectivity index (χ0) is 23.8. The summed E-state index contributed by atoms with van der Waals surface area (Å²) in [6, 6.07) is 11.1. The monoisotopic (exact) mass is 476 g/mol. The van der Waals surface area contributed by atoms with E-state index in [1.54, 1.807) is 14.2 Å². The SMILES string of the molecule is CCOc1ccc(CC(=O)NCCCS(=O)(=O)N2CCc3cc(OC)c(OC)cc3C2)cc1. The minimum absolute atomic E-state index is 0.0149. The first-order chi connectivity index (χ1) is 15.9. The maximum atomic E-state index is 12.8. The predicted molar refractivity (Wildman–Crippen MR) is 126 cm³/mol. The highest BCUT2D eigenvalue weighted by atomic mass is 32.2. The van der Waals surface area contributed by atoms with Crippen LogP contribution in [0, 0.1) is 0 Å². The molecule has 3 rings (SSSR count). The second-order valence-corrected chi connectivity index (χ2v) is 9.92. The van der Waals surface area contributed by atoms with E-state index >= 15 is 0 Å². The Morgan fingerprint density at radius 1 is 1.06 bits per heavy atom. The Labute approximate surface area is 195 Å². The van der Waals surface area contributed by atoms with Crippen molar-refractivity contribution in [1.29, 1.82) is 0 Å². The standard InChI is InChI=1S/C24H32N2O6S/c1-4-32-21-8-6-18(7-9-21)14-24(27)25-11-5-13-33(28,29)26-12-10-19-15-22(30-2)23(31-3)16-20(19)17-26/h6-9,15-16H,4-5,10-14,17H2,1-3H3,(H,25,27). The topological polar surface area (TPSA) is 94.2 Å². The third-order valence-corrected chi connectivity index (χ3v) is 7.48. The van der Waals surface area contributed by atoms with E-state index in [0.29, 0.717) is 50.6 Å². The van der Waals surface area contributed by atoms with Crippen molar-refractivity contribution in [1.82, 2.24) is 9.62 Å². The fraction of sp³-hybridized carbons (Fsp3) is 0.458. The Bertz CT molecular complexity index is 1050. The van der Waals surface area contributed by atoms with E-state index in [4.69, 9.17) is 14.2 Å². The molecule has 0 saturated carbocycles. The van der Waals surface area contributed by atoms with E-state index in [-0.39, 0.29) is 18.1 Å². The number of nitrogens with one attached hydrogen (secondary N) is 1. The molecule has 2 aromatic rings. The number of rotatable bonds is 11. The Kier molecular flexibility index (Phi) is 8.57. The summed E-state index contributed by atoms with van der Waals surface area (Å²) in [6.07, 6.45) is 1.22. The molecular formula is C24H32N2O6S. The molecule has 0 atom stereocenters. The van der Waals surface area contributed by atoms with Crippen LogP contribution >= 0.6 is 0 Å². The Hall–Kier alpha value is -2.78. The van der Waals surface area contributed by atoms with Gasteiger partial charge in [0.25, 0.3) is 0 Å². The number of benzene rings is 2. The highest BCUT2D eigenvalue weighted by Gasteiger charge is 2.27. The Morgan fingerprint density at radius 3 is 2.36 bits per heavy atom. The van der Waals surface area contributed by atoms with Crippen molar-refractivity contribution in [2.45, 2.75) is 32.7 Å². The maximum absolute atomic E-state index is 12.8. The van der Waals surface area contributed by atoms with Gasteiger partial charge in [0.1, 0.15) is 5.75 Å². The van der Waals surface area contributed by atoms with Gasteiger partial charge in [0.05, 0.1) is 33.0 Å². The van der Waals surface area contributed by atoms with Crippen molar-refractivity contribution in [3.05, 3.63) is 53.1 Å². The van der Waals surface area contributed by atoms with Crippen molar-refractivity contribution in [2.75, 3.05) is 39.7 Å². The zero-order valence-corrected chi connectivity index (χ0v) is 20.2. The summed E-state index contributed by atoms with van der Waals surface area (Å²) in [4.78, 5) is 12.2. The molecule has 0 unspecified atom stereocenters. The molecule has 180 valence electrons.